The number of aliphatic carboxylic acids is 1. The molecule has 184 valence electrons. The van der Waals surface area contributed by atoms with Crippen molar-refractivity contribution in [3.8, 4) is 0 Å². The summed E-state index contributed by atoms with van der Waals surface area (Å²) in [5.41, 5.74) is 1.17. The van der Waals surface area contributed by atoms with Crippen LogP contribution in [0.4, 0.5) is 0 Å². The third kappa shape index (κ3) is 4.01. The van der Waals surface area contributed by atoms with Gasteiger partial charge in [0.15, 0.2) is 5.78 Å². The Labute approximate surface area is 198 Å². The molecule has 6 nitrogen and oxygen atoms in total. The van der Waals surface area contributed by atoms with Crippen molar-refractivity contribution in [2.24, 2.45) is 34.5 Å². The summed E-state index contributed by atoms with van der Waals surface area (Å²) in [7, 11) is 0. The molecule has 0 bridgehead atoms. The smallest absolute Gasteiger partial charge is 0.303 e. The maximum atomic E-state index is 13.4. The first-order valence-corrected chi connectivity index (χ1v) is 13.2. The number of hydrogen-bond donors (Lipinski definition) is 1. The standard InChI is InChI=1S/C27H42N2O4/c1-5-28(6-2)25(33)22-10-9-20-19-17-29(15-7-8-24(31)32)23-16-18(30)11-13-27(23,4)21(19)12-14-26(20,22)3/h16,19-22H,5-15,17H2,1-4H3,(H,31,32)/t19-,20-,21+,22?,26-,27+/m0/s1. The lowest BCUT2D eigenvalue weighted by Gasteiger charge is -2.61. The molecular weight excluding hydrogens is 416 g/mol. The van der Waals surface area contributed by atoms with Crippen LogP contribution < -0.4 is 0 Å². The van der Waals surface area contributed by atoms with Gasteiger partial charge in [0.1, 0.15) is 0 Å². The van der Waals surface area contributed by atoms with Gasteiger partial charge in [-0.1, -0.05) is 13.8 Å². The lowest BCUT2D eigenvalue weighted by Crippen LogP contribution is -2.58. The molecule has 6 heteroatoms. The predicted molar refractivity (Wildman–Crippen MR) is 127 cm³/mol. The zero-order valence-electron chi connectivity index (χ0n) is 20.9. The molecule has 0 radical (unpaired) electrons. The van der Waals surface area contributed by atoms with E-state index in [1.165, 1.54) is 0 Å². The minimum atomic E-state index is -0.764. The number of amides is 1. The van der Waals surface area contributed by atoms with Crippen LogP contribution in [0.25, 0.3) is 0 Å². The van der Waals surface area contributed by atoms with Crippen molar-refractivity contribution in [1.29, 1.82) is 0 Å². The summed E-state index contributed by atoms with van der Waals surface area (Å²) in [6, 6.07) is 0. The van der Waals surface area contributed by atoms with Crippen molar-refractivity contribution in [2.45, 2.75) is 79.1 Å². The molecule has 6 atom stereocenters. The van der Waals surface area contributed by atoms with Gasteiger partial charge in [0.25, 0.3) is 0 Å². The summed E-state index contributed by atoms with van der Waals surface area (Å²) < 4.78 is 0. The van der Waals surface area contributed by atoms with E-state index in [0.717, 1.165) is 57.4 Å². The van der Waals surface area contributed by atoms with Crippen LogP contribution in [-0.4, -0.2) is 58.7 Å². The Morgan fingerprint density at radius 3 is 2.52 bits per heavy atom. The highest BCUT2D eigenvalue weighted by Gasteiger charge is 2.61. The molecule has 1 heterocycles. The first-order chi connectivity index (χ1) is 15.7. The quantitative estimate of drug-likeness (QED) is 0.614. The molecular formula is C27H42N2O4. The minimum Gasteiger partial charge on any atom is -0.481 e. The van der Waals surface area contributed by atoms with Crippen LogP contribution in [0, 0.1) is 34.5 Å². The molecule has 0 aromatic carbocycles. The van der Waals surface area contributed by atoms with Gasteiger partial charge in [0.2, 0.25) is 5.91 Å². The highest BCUT2D eigenvalue weighted by Crippen LogP contribution is 2.65. The zero-order valence-corrected chi connectivity index (χ0v) is 20.9. The summed E-state index contributed by atoms with van der Waals surface area (Å²) in [6.07, 6.45) is 8.41. The van der Waals surface area contributed by atoms with Gasteiger partial charge in [-0.3, -0.25) is 14.4 Å². The normalized spacial score (nSPS) is 37.6. The van der Waals surface area contributed by atoms with Crippen LogP contribution in [0.15, 0.2) is 11.8 Å². The summed E-state index contributed by atoms with van der Waals surface area (Å²) in [6.45, 7) is 12.0. The van der Waals surface area contributed by atoms with E-state index in [9.17, 15) is 14.4 Å². The second-order valence-electron chi connectivity index (χ2n) is 11.4. The molecule has 1 unspecified atom stereocenters. The third-order valence-corrected chi connectivity index (χ3v) is 9.99. The fourth-order valence-electron chi connectivity index (χ4n) is 8.21. The molecule has 1 saturated heterocycles. The molecule has 0 aromatic rings. The van der Waals surface area contributed by atoms with Gasteiger partial charge in [-0.15, -0.1) is 0 Å². The molecule has 3 fully saturated rings. The summed E-state index contributed by atoms with van der Waals surface area (Å²) >= 11 is 0. The number of likely N-dealkylation sites (tertiary alicyclic amines) is 1. The number of carbonyl (C=O) groups is 3. The number of carboxylic acid groups (broad SMARTS) is 1. The van der Waals surface area contributed by atoms with E-state index in [0.29, 0.717) is 43.0 Å². The molecule has 1 N–H and O–H groups in total. The van der Waals surface area contributed by atoms with Crippen LogP contribution in [0.3, 0.4) is 0 Å². The van der Waals surface area contributed by atoms with Crippen molar-refractivity contribution in [3.05, 3.63) is 11.8 Å². The predicted octanol–water partition coefficient (Wildman–Crippen LogP) is 4.35. The Kier molecular flexibility index (Phi) is 6.67. The number of fused-ring (bicyclic) bond motifs is 5. The molecule has 4 aliphatic rings. The largest absolute Gasteiger partial charge is 0.481 e. The Bertz CT molecular complexity index is 834. The van der Waals surface area contributed by atoms with Gasteiger partial charge in [-0.05, 0) is 75.5 Å². The van der Waals surface area contributed by atoms with Crippen LogP contribution in [-0.2, 0) is 14.4 Å². The number of nitrogens with zero attached hydrogens (tertiary/aromatic N) is 2. The maximum absolute atomic E-state index is 13.4. The average Bonchev–Trinajstić information content (AvgIpc) is 3.12. The fourth-order valence-corrected chi connectivity index (χ4v) is 8.21. The van der Waals surface area contributed by atoms with Crippen LogP contribution in [0.5, 0.6) is 0 Å². The summed E-state index contributed by atoms with van der Waals surface area (Å²) in [4.78, 5) is 41.3. The number of allylic oxidation sites excluding steroid dienone is 2. The molecule has 4 rings (SSSR count). The van der Waals surface area contributed by atoms with Gasteiger partial charge in [-0.25, -0.2) is 0 Å². The van der Waals surface area contributed by atoms with Gasteiger partial charge < -0.3 is 14.9 Å². The van der Waals surface area contributed by atoms with Crippen LogP contribution in [0.1, 0.15) is 79.1 Å². The molecule has 2 saturated carbocycles. The monoisotopic (exact) mass is 458 g/mol. The number of hydrogen-bond acceptors (Lipinski definition) is 4. The molecule has 1 aliphatic heterocycles. The van der Waals surface area contributed by atoms with E-state index < -0.39 is 5.97 Å². The molecule has 1 amide bonds. The number of rotatable bonds is 7. The lowest BCUT2D eigenvalue weighted by molar-refractivity contribution is -0.143. The van der Waals surface area contributed by atoms with Crippen LogP contribution >= 0.6 is 0 Å². The Morgan fingerprint density at radius 1 is 1.12 bits per heavy atom. The van der Waals surface area contributed by atoms with Crippen LogP contribution in [0.2, 0.25) is 0 Å². The topological polar surface area (TPSA) is 77.9 Å². The molecule has 0 aromatic heterocycles. The van der Waals surface area contributed by atoms with E-state index in [2.05, 4.69) is 32.6 Å². The maximum Gasteiger partial charge on any atom is 0.303 e. The van der Waals surface area contributed by atoms with E-state index in [1.807, 2.05) is 11.0 Å². The Balaban J connectivity index is 1.63. The third-order valence-electron chi connectivity index (χ3n) is 9.99. The van der Waals surface area contributed by atoms with Gasteiger partial charge in [0.05, 0.1) is 0 Å². The van der Waals surface area contributed by atoms with E-state index in [4.69, 9.17) is 5.11 Å². The first kappa shape index (κ1) is 24.3. The van der Waals surface area contributed by atoms with E-state index >= 15 is 0 Å². The second-order valence-corrected chi connectivity index (χ2v) is 11.4. The Morgan fingerprint density at radius 2 is 1.85 bits per heavy atom. The van der Waals surface area contributed by atoms with E-state index in [1.54, 1.807) is 0 Å². The van der Waals surface area contributed by atoms with Crippen molar-refractivity contribution >= 4 is 17.7 Å². The second kappa shape index (κ2) is 9.07. The lowest BCUT2D eigenvalue weighted by atomic mass is 9.49. The average molecular weight is 459 g/mol. The van der Waals surface area contributed by atoms with E-state index in [-0.39, 0.29) is 29.0 Å². The minimum absolute atomic E-state index is 0.0254. The van der Waals surface area contributed by atoms with Crippen molar-refractivity contribution in [3.63, 3.8) is 0 Å². The molecule has 33 heavy (non-hydrogen) atoms. The van der Waals surface area contributed by atoms with Gasteiger partial charge >= 0.3 is 5.97 Å². The van der Waals surface area contributed by atoms with Gasteiger partial charge in [0, 0.05) is 62.1 Å². The SMILES string of the molecule is CCN(CC)C(=O)C1CC[C@H]2[C@@H]3CN(CCCC(=O)O)C4=CC(=O)CC[C@]4(C)[C@@H]3CC[C@]12C. The zero-order chi connectivity index (χ0) is 24.0. The summed E-state index contributed by atoms with van der Waals surface area (Å²) in [5.74, 6) is 1.44. The number of carbonyl (C=O) groups excluding carboxylic acids is 2. The first-order valence-electron chi connectivity index (χ1n) is 13.2. The molecule has 0 spiro atoms. The van der Waals surface area contributed by atoms with Crippen molar-refractivity contribution in [1.82, 2.24) is 9.80 Å². The fraction of sp³-hybridized carbons (Fsp3) is 0.815. The van der Waals surface area contributed by atoms with Crippen molar-refractivity contribution < 1.29 is 19.5 Å². The summed E-state index contributed by atoms with van der Waals surface area (Å²) in [5, 5.41) is 9.16. The highest BCUT2D eigenvalue weighted by atomic mass is 16.4. The van der Waals surface area contributed by atoms with Crippen molar-refractivity contribution in [2.75, 3.05) is 26.2 Å². The number of ketones is 1. The number of carboxylic acids is 1. The molecule has 3 aliphatic carbocycles. The Hall–Kier alpha value is -1.85. The number of piperidine rings is 1. The van der Waals surface area contributed by atoms with Gasteiger partial charge in [-0.2, -0.15) is 0 Å². The highest BCUT2D eigenvalue weighted by molar-refractivity contribution is 5.91.